The fraction of sp³-hybridized carbons (Fsp3) is 0.688. The number of hydrogen-bond acceptors (Lipinski definition) is 3. The molecule has 3 rings (SSSR count). The quantitative estimate of drug-likeness (QED) is 0.539. The van der Waals surface area contributed by atoms with Gasteiger partial charge in [0.25, 0.3) is 0 Å². The summed E-state index contributed by atoms with van der Waals surface area (Å²) in [6.07, 6.45) is 3.32. The number of fused-ring (bicyclic) bond motifs is 2. The van der Waals surface area contributed by atoms with E-state index in [2.05, 4.69) is 6.92 Å². The lowest BCUT2D eigenvalue weighted by atomic mass is 9.81. The van der Waals surface area contributed by atoms with E-state index in [1.54, 1.807) is 0 Å². The van der Waals surface area contributed by atoms with Gasteiger partial charge in [0.2, 0.25) is 0 Å². The van der Waals surface area contributed by atoms with Crippen LogP contribution in [0.15, 0.2) is 22.3 Å². The van der Waals surface area contributed by atoms with E-state index >= 15 is 0 Å². The molecule has 0 bridgehead atoms. The number of rotatable bonds is 0. The van der Waals surface area contributed by atoms with E-state index in [0.717, 1.165) is 36.8 Å². The summed E-state index contributed by atoms with van der Waals surface area (Å²) < 4.78 is 5.62. The van der Waals surface area contributed by atoms with Crippen molar-refractivity contribution < 1.29 is 14.6 Å². The maximum Gasteiger partial charge on any atom is 0.334 e. The molecule has 3 aliphatic rings. The minimum atomic E-state index is -0.652. The zero-order valence-corrected chi connectivity index (χ0v) is 12.2. The van der Waals surface area contributed by atoms with Crippen molar-refractivity contribution in [2.75, 3.05) is 0 Å². The van der Waals surface area contributed by atoms with E-state index in [4.69, 9.17) is 4.74 Å². The van der Waals surface area contributed by atoms with Crippen molar-refractivity contribution in [3.8, 4) is 0 Å². The smallest absolute Gasteiger partial charge is 0.334 e. The molecule has 0 radical (unpaired) electrons. The monoisotopic (exact) mass is 262 g/mol. The van der Waals surface area contributed by atoms with Crippen LogP contribution in [-0.2, 0) is 9.53 Å². The minimum absolute atomic E-state index is 0.147. The summed E-state index contributed by atoms with van der Waals surface area (Å²) in [5, 5.41) is 10.6. The molecule has 2 aliphatic carbocycles. The molecule has 0 aromatic heterocycles. The maximum absolute atomic E-state index is 11.9. The first-order valence-corrected chi connectivity index (χ1v) is 7.09. The third-order valence-corrected chi connectivity index (χ3v) is 5.35. The number of esters is 1. The third kappa shape index (κ3) is 1.71. The van der Waals surface area contributed by atoms with E-state index in [-0.39, 0.29) is 11.9 Å². The van der Waals surface area contributed by atoms with Gasteiger partial charge in [-0.25, -0.2) is 4.79 Å². The first kappa shape index (κ1) is 12.9. The zero-order valence-electron chi connectivity index (χ0n) is 12.2. The number of carbonyl (C=O) groups is 1. The molecule has 1 saturated carbocycles. The first-order valence-electron chi connectivity index (χ1n) is 7.09. The second-order valence-electron chi connectivity index (χ2n) is 6.82. The highest BCUT2D eigenvalue weighted by Crippen LogP contribution is 2.52. The van der Waals surface area contributed by atoms with Gasteiger partial charge in [0.1, 0.15) is 5.60 Å². The summed E-state index contributed by atoms with van der Waals surface area (Å²) in [6, 6.07) is 0. The van der Waals surface area contributed by atoms with Crippen molar-refractivity contribution >= 4 is 5.97 Å². The molecule has 0 saturated heterocycles. The highest BCUT2D eigenvalue weighted by molar-refractivity contribution is 5.92. The molecular formula is C16H22O3. The Morgan fingerprint density at radius 1 is 1.32 bits per heavy atom. The molecule has 1 fully saturated rings. The van der Waals surface area contributed by atoms with Crippen molar-refractivity contribution in [1.82, 2.24) is 0 Å². The van der Waals surface area contributed by atoms with Crippen LogP contribution in [-0.4, -0.2) is 22.3 Å². The summed E-state index contributed by atoms with van der Waals surface area (Å²) in [7, 11) is 0. The van der Waals surface area contributed by atoms with Crippen LogP contribution in [0.2, 0.25) is 0 Å². The molecule has 3 atom stereocenters. The standard InChI is InChI=1S/C16H22O3/c1-9-8-16(4)12(10(2)14(17)19-16)7-13-11(9)5-6-15(13,3)18/h13,18H,5-8H2,1-4H3/t13-,15+,16+/m1/s1. The van der Waals surface area contributed by atoms with Gasteiger partial charge in [0, 0.05) is 17.9 Å². The largest absolute Gasteiger partial charge is 0.451 e. The average molecular weight is 262 g/mol. The van der Waals surface area contributed by atoms with E-state index < -0.39 is 11.2 Å². The molecule has 0 unspecified atom stereocenters. The Hall–Kier alpha value is -1.09. The Labute approximate surface area is 114 Å². The van der Waals surface area contributed by atoms with Gasteiger partial charge in [-0.2, -0.15) is 0 Å². The molecule has 3 nitrogen and oxygen atoms in total. The Balaban J connectivity index is 2.11. The molecule has 104 valence electrons. The molecule has 0 spiro atoms. The average Bonchev–Trinajstić information content (AvgIpc) is 2.64. The normalized spacial score (nSPS) is 42.2. The third-order valence-electron chi connectivity index (χ3n) is 5.35. The van der Waals surface area contributed by atoms with Crippen molar-refractivity contribution in [2.45, 2.75) is 64.6 Å². The van der Waals surface area contributed by atoms with Crippen LogP contribution < -0.4 is 0 Å². The summed E-state index contributed by atoms with van der Waals surface area (Å²) in [6.45, 7) is 7.91. The number of ether oxygens (including phenoxy) is 1. The Morgan fingerprint density at radius 3 is 2.68 bits per heavy atom. The van der Waals surface area contributed by atoms with E-state index in [0.29, 0.717) is 0 Å². The van der Waals surface area contributed by atoms with Gasteiger partial charge in [-0.15, -0.1) is 0 Å². The van der Waals surface area contributed by atoms with E-state index in [9.17, 15) is 9.90 Å². The minimum Gasteiger partial charge on any atom is -0.451 e. The fourth-order valence-electron chi connectivity index (χ4n) is 4.16. The molecule has 0 amide bonds. The molecule has 1 aliphatic heterocycles. The van der Waals surface area contributed by atoms with Gasteiger partial charge in [-0.1, -0.05) is 11.1 Å². The van der Waals surface area contributed by atoms with Gasteiger partial charge in [0.15, 0.2) is 0 Å². The van der Waals surface area contributed by atoms with Gasteiger partial charge < -0.3 is 9.84 Å². The molecular weight excluding hydrogens is 240 g/mol. The lowest BCUT2D eigenvalue weighted by molar-refractivity contribution is -0.145. The summed E-state index contributed by atoms with van der Waals surface area (Å²) in [4.78, 5) is 11.9. The Kier molecular flexibility index (Phi) is 2.53. The van der Waals surface area contributed by atoms with Crippen LogP contribution in [0, 0.1) is 5.92 Å². The van der Waals surface area contributed by atoms with Gasteiger partial charge in [-0.05, 0) is 52.5 Å². The van der Waals surface area contributed by atoms with Crippen LogP contribution in [0.3, 0.4) is 0 Å². The second kappa shape index (κ2) is 3.72. The molecule has 3 heteroatoms. The lowest BCUT2D eigenvalue weighted by Gasteiger charge is -2.29. The molecule has 1 heterocycles. The highest BCUT2D eigenvalue weighted by atomic mass is 16.6. The topological polar surface area (TPSA) is 46.5 Å². The SMILES string of the molecule is CC1=C2CC[C@](C)(O)[C@@H]2CC2=C(C)C(=O)O[C@@]2(C)C1. The fourth-order valence-corrected chi connectivity index (χ4v) is 4.16. The predicted octanol–water partition coefficient (Wildman–Crippen LogP) is 2.89. The van der Waals surface area contributed by atoms with Crippen molar-refractivity contribution in [2.24, 2.45) is 5.92 Å². The molecule has 1 N–H and O–H groups in total. The molecule has 19 heavy (non-hydrogen) atoms. The Bertz CT molecular complexity index is 524. The van der Waals surface area contributed by atoms with Crippen molar-refractivity contribution in [3.63, 3.8) is 0 Å². The Morgan fingerprint density at radius 2 is 2.00 bits per heavy atom. The van der Waals surface area contributed by atoms with Gasteiger partial charge in [0.05, 0.1) is 5.60 Å². The predicted molar refractivity (Wildman–Crippen MR) is 72.5 cm³/mol. The van der Waals surface area contributed by atoms with Crippen LogP contribution >= 0.6 is 0 Å². The number of hydrogen-bond donors (Lipinski definition) is 1. The molecule has 0 aromatic rings. The van der Waals surface area contributed by atoms with Crippen LogP contribution in [0.25, 0.3) is 0 Å². The van der Waals surface area contributed by atoms with Crippen LogP contribution in [0.1, 0.15) is 53.4 Å². The zero-order chi connectivity index (χ0) is 14.0. The molecule has 0 aromatic carbocycles. The van der Waals surface area contributed by atoms with Crippen molar-refractivity contribution in [3.05, 3.63) is 22.3 Å². The van der Waals surface area contributed by atoms with Gasteiger partial charge in [-0.3, -0.25) is 0 Å². The summed E-state index contributed by atoms with van der Waals surface area (Å²) >= 11 is 0. The maximum atomic E-state index is 11.9. The first-order chi connectivity index (χ1) is 8.74. The summed E-state index contributed by atoms with van der Waals surface area (Å²) in [5.74, 6) is -0.0415. The van der Waals surface area contributed by atoms with E-state index in [1.165, 1.54) is 11.1 Å². The number of aliphatic hydroxyl groups is 1. The lowest BCUT2D eigenvalue weighted by Crippen LogP contribution is -2.32. The van der Waals surface area contributed by atoms with Crippen molar-refractivity contribution in [1.29, 1.82) is 0 Å². The van der Waals surface area contributed by atoms with Crippen LogP contribution in [0.4, 0.5) is 0 Å². The summed E-state index contributed by atoms with van der Waals surface area (Å²) in [5.41, 5.74) is 3.39. The van der Waals surface area contributed by atoms with Gasteiger partial charge >= 0.3 is 5.97 Å². The highest BCUT2D eigenvalue weighted by Gasteiger charge is 2.50. The number of carbonyl (C=O) groups excluding carboxylic acids is 1. The van der Waals surface area contributed by atoms with Crippen LogP contribution in [0.5, 0.6) is 0 Å². The van der Waals surface area contributed by atoms with E-state index in [1.807, 2.05) is 20.8 Å². The second-order valence-corrected chi connectivity index (χ2v) is 6.82.